The lowest BCUT2D eigenvalue weighted by Crippen LogP contribution is -2.31. The van der Waals surface area contributed by atoms with E-state index in [1.54, 1.807) is 6.08 Å². The Morgan fingerprint density at radius 1 is 1.33 bits per heavy atom. The van der Waals surface area contributed by atoms with Crippen LogP contribution < -0.4 is 5.32 Å². The van der Waals surface area contributed by atoms with Crippen LogP contribution in [-0.2, 0) is 9.53 Å². The molecular weight excluding hydrogens is 230 g/mol. The standard InChI is InChI=1S/C14H15NO3/c1-11(2)13(16)15-14(17)18-10-6-9-12-7-4-3-5-8-12/h3-9H,1,10H2,2H3,(H,15,16,17). The molecule has 0 radical (unpaired) electrons. The van der Waals surface area contributed by atoms with Gasteiger partial charge in [-0.2, -0.15) is 0 Å². The van der Waals surface area contributed by atoms with Crippen molar-refractivity contribution in [3.8, 4) is 0 Å². The predicted octanol–water partition coefficient (Wildman–Crippen LogP) is 2.53. The minimum Gasteiger partial charge on any atom is -0.445 e. The predicted molar refractivity (Wildman–Crippen MR) is 69.8 cm³/mol. The summed E-state index contributed by atoms with van der Waals surface area (Å²) in [7, 11) is 0. The lowest BCUT2D eigenvalue weighted by molar-refractivity contribution is -0.116. The number of nitrogens with one attached hydrogen (secondary N) is 1. The first-order valence-corrected chi connectivity index (χ1v) is 5.45. The van der Waals surface area contributed by atoms with Gasteiger partial charge >= 0.3 is 6.09 Å². The van der Waals surface area contributed by atoms with Crippen LogP contribution in [0.15, 0.2) is 48.6 Å². The quantitative estimate of drug-likeness (QED) is 0.829. The van der Waals surface area contributed by atoms with Crippen molar-refractivity contribution in [3.63, 3.8) is 0 Å². The van der Waals surface area contributed by atoms with Crippen molar-refractivity contribution < 1.29 is 14.3 Å². The first-order valence-electron chi connectivity index (χ1n) is 5.45. The summed E-state index contributed by atoms with van der Waals surface area (Å²) in [6.07, 6.45) is 2.74. The molecule has 4 heteroatoms. The minimum atomic E-state index is -0.777. The zero-order chi connectivity index (χ0) is 13.4. The fourth-order valence-electron chi connectivity index (χ4n) is 1.11. The van der Waals surface area contributed by atoms with Gasteiger partial charge in [0, 0.05) is 5.57 Å². The minimum absolute atomic E-state index is 0.101. The molecule has 0 saturated carbocycles. The van der Waals surface area contributed by atoms with Gasteiger partial charge in [-0.3, -0.25) is 10.1 Å². The topological polar surface area (TPSA) is 55.4 Å². The normalized spacial score (nSPS) is 10.1. The van der Waals surface area contributed by atoms with Crippen molar-refractivity contribution in [2.45, 2.75) is 6.92 Å². The molecule has 0 aliphatic heterocycles. The molecule has 0 atom stereocenters. The Morgan fingerprint density at radius 3 is 2.61 bits per heavy atom. The van der Waals surface area contributed by atoms with E-state index in [0.29, 0.717) is 0 Å². The van der Waals surface area contributed by atoms with E-state index in [1.807, 2.05) is 41.7 Å². The number of carbonyl (C=O) groups excluding carboxylic acids is 2. The molecule has 94 valence electrons. The van der Waals surface area contributed by atoms with E-state index in [4.69, 9.17) is 4.74 Å². The van der Waals surface area contributed by atoms with E-state index in [0.717, 1.165) is 5.56 Å². The second-order valence-corrected chi connectivity index (χ2v) is 3.65. The van der Waals surface area contributed by atoms with Gasteiger partial charge in [-0.15, -0.1) is 0 Å². The van der Waals surface area contributed by atoms with Crippen LogP contribution in [0, 0.1) is 0 Å². The summed E-state index contributed by atoms with van der Waals surface area (Å²) >= 11 is 0. The number of amides is 2. The zero-order valence-electron chi connectivity index (χ0n) is 10.2. The molecule has 0 aromatic heterocycles. The summed E-state index contributed by atoms with van der Waals surface area (Å²) in [4.78, 5) is 22.2. The number of benzene rings is 1. The molecule has 4 nitrogen and oxygen atoms in total. The highest BCUT2D eigenvalue weighted by molar-refractivity contribution is 6.01. The Morgan fingerprint density at radius 2 is 2.00 bits per heavy atom. The van der Waals surface area contributed by atoms with Gasteiger partial charge in [-0.1, -0.05) is 43.0 Å². The maximum atomic E-state index is 11.1. The van der Waals surface area contributed by atoms with Gasteiger partial charge < -0.3 is 4.74 Å². The number of hydrogen-bond acceptors (Lipinski definition) is 3. The van der Waals surface area contributed by atoms with Crippen LogP contribution in [0.1, 0.15) is 12.5 Å². The molecule has 1 rings (SSSR count). The highest BCUT2D eigenvalue weighted by Crippen LogP contribution is 2.00. The molecule has 0 spiro atoms. The summed E-state index contributed by atoms with van der Waals surface area (Å²) in [6.45, 7) is 5.02. The Bertz CT molecular complexity index is 463. The second kappa shape index (κ2) is 7.06. The molecule has 0 heterocycles. The van der Waals surface area contributed by atoms with Crippen LogP contribution in [-0.4, -0.2) is 18.6 Å². The van der Waals surface area contributed by atoms with Crippen molar-refractivity contribution >= 4 is 18.1 Å². The SMILES string of the molecule is C=C(C)C(=O)NC(=O)OCC=Cc1ccccc1. The molecule has 18 heavy (non-hydrogen) atoms. The Hall–Kier alpha value is -2.36. The smallest absolute Gasteiger partial charge is 0.414 e. The molecular formula is C14H15NO3. The van der Waals surface area contributed by atoms with Crippen LogP contribution in [0.25, 0.3) is 6.08 Å². The molecule has 2 amide bonds. The fourth-order valence-corrected chi connectivity index (χ4v) is 1.11. The van der Waals surface area contributed by atoms with Crippen molar-refractivity contribution in [3.05, 3.63) is 54.1 Å². The zero-order valence-corrected chi connectivity index (χ0v) is 10.2. The van der Waals surface area contributed by atoms with Gasteiger partial charge in [0.2, 0.25) is 0 Å². The highest BCUT2D eigenvalue weighted by atomic mass is 16.5. The molecule has 0 unspecified atom stereocenters. The van der Waals surface area contributed by atoms with Crippen molar-refractivity contribution in [1.29, 1.82) is 0 Å². The van der Waals surface area contributed by atoms with Crippen molar-refractivity contribution in [2.75, 3.05) is 6.61 Å². The fraction of sp³-hybridized carbons (Fsp3) is 0.143. The second-order valence-electron chi connectivity index (χ2n) is 3.65. The van der Waals surface area contributed by atoms with E-state index in [1.165, 1.54) is 6.92 Å². The van der Waals surface area contributed by atoms with Gasteiger partial charge in [0.25, 0.3) is 5.91 Å². The third kappa shape index (κ3) is 5.12. The molecule has 0 aliphatic rings. The highest BCUT2D eigenvalue weighted by Gasteiger charge is 2.07. The van der Waals surface area contributed by atoms with Gasteiger partial charge in [0.05, 0.1) is 0 Å². The Balaban J connectivity index is 2.30. The van der Waals surface area contributed by atoms with E-state index in [9.17, 15) is 9.59 Å². The van der Waals surface area contributed by atoms with E-state index in [2.05, 4.69) is 6.58 Å². The summed E-state index contributed by atoms with van der Waals surface area (Å²) in [5, 5.41) is 2.04. The van der Waals surface area contributed by atoms with Crippen LogP contribution in [0.3, 0.4) is 0 Å². The van der Waals surface area contributed by atoms with Crippen molar-refractivity contribution in [2.24, 2.45) is 0 Å². The monoisotopic (exact) mass is 245 g/mol. The average molecular weight is 245 g/mol. The van der Waals surface area contributed by atoms with E-state index in [-0.39, 0.29) is 12.2 Å². The largest absolute Gasteiger partial charge is 0.445 e. The van der Waals surface area contributed by atoms with Crippen LogP contribution in [0.2, 0.25) is 0 Å². The summed E-state index contributed by atoms with van der Waals surface area (Å²) in [6, 6.07) is 9.62. The van der Waals surface area contributed by atoms with Gasteiger partial charge in [-0.05, 0) is 18.6 Å². The number of ether oxygens (including phenoxy) is 1. The molecule has 0 saturated heterocycles. The third-order valence-electron chi connectivity index (χ3n) is 2.02. The first-order chi connectivity index (χ1) is 8.59. The van der Waals surface area contributed by atoms with Gasteiger partial charge in [0.15, 0.2) is 0 Å². The molecule has 0 bridgehead atoms. The molecule has 0 fully saturated rings. The van der Waals surface area contributed by atoms with E-state index < -0.39 is 12.0 Å². The summed E-state index contributed by atoms with van der Waals surface area (Å²) < 4.78 is 4.79. The van der Waals surface area contributed by atoms with Crippen molar-refractivity contribution in [1.82, 2.24) is 5.32 Å². The number of carbonyl (C=O) groups is 2. The number of rotatable bonds is 4. The Kier molecular flexibility index (Phi) is 5.38. The summed E-state index contributed by atoms with van der Waals surface area (Å²) in [5.74, 6) is -0.535. The average Bonchev–Trinajstić information content (AvgIpc) is 2.35. The van der Waals surface area contributed by atoms with Crippen LogP contribution >= 0.6 is 0 Å². The summed E-state index contributed by atoms with van der Waals surface area (Å²) in [5.41, 5.74) is 1.27. The van der Waals surface area contributed by atoms with Gasteiger partial charge in [0.1, 0.15) is 6.61 Å². The maximum Gasteiger partial charge on any atom is 0.414 e. The lowest BCUT2D eigenvalue weighted by Gasteiger charge is -2.03. The molecule has 0 aliphatic carbocycles. The Labute approximate surface area is 106 Å². The van der Waals surface area contributed by atoms with E-state index >= 15 is 0 Å². The first kappa shape index (κ1) is 13.7. The lowest BCUT2D eigenvalue weighted by atomic mass is 10.2. The van der Waals surface area contributed by atoms with Gasteiger partial charge in [-0.25, -0.2) is 4.79 Å². The number of imide groups is 1. The molecule has 1 aromatic carbocycles. The number of hydrogen-bond donors (Lipinski definition) is 1. The van der Waals surface area contributed by atoms with Crippen LogP contribution in [0.5, 0.6) is 0 Å². The number of alkyl carbamates (subject to hydrolysis) is 1. The maximum absolute atomic E-state index is 11.1. The van der Waals surface area contributed by atoms with Crippen LogP contribution in [0.4, 0.5) is 4.79 Å². The molecule has 1 N–H and O–H groups in total. The third-order valence-corrected chi connectivity index (χ3v) is 2.02. The molecule has 1 aromatic rings.